The van der Waals surface area contributed by atoms with Crippen LogP contribution in [0.2, 0.25) is 0 Å². The summed E-state index contributed by atoms with van der Waals surface area (Å²) in [5, 5.41) is 8.44. The van der Waals surface area contributed by atoms with Gasteiger partial charge in [0.25, 0.3) is 0 Å². The van der Waals surface area contributed by atoms with Gasteiger partial charge in [-0.3, -0.25) is 0 Å². The predicted molar refractivity (Wildman–Crippen MR) is 76.0 cm³/mol. The molecule has 0 spiro atoms. The Morgan fingerprint density at radius 1 is 1.10 bits per heavy atom. The van der Waals surface area contributed by atoms with Crippen molar-refractivity contribution >= 4 is 0 Å². The number of nitrogens with zero attached hydrogens (tertiary/aromatic N) is 2. The van der Waals surface area contributed by atoms with Crippen molar-refractivity contribution in [2.24, 2.45) is 35.3 Å². The van der Waals surface area contributed by atoms with E-state index in [0.29, 0.717) is 24.8 Å². The summed E-state index contributed by atoms with van der Waals surface area (Å²) in [5.74, 6) is 6.62. The molecule has 110 valence electrons. The minimum absolute atomic E-state index is 0.420. The Balaban J connectivity index is 1.54. The first kappa shape index (κ1) is 12.8. The zero-order chi connectivity index (χ0) is 13.7. The minimum atomic E-state index is 0.420. The Kier molecular flexibility index (Phi) is 3.09. The molecule has 1 heterocycles. The van der Waals surface area contributed by atoms with Crippen LogP contribution in [0, 0.1) is 29.6 Å². The van der Waals surface area contributed by atoms with Crippen molar-refractivity contribution in [2.45, 2.75) is 51.4 Å². The van der Waals surface area contributed by atoms with Crippen molar-refractivity contribution in [3.8, 4) is 0 Å². The van der Waals surface area contributed by atoms with Crippen molar-refractivity contribution in [1.82, 2.24) is 10.2 Å². The lowest BCUT2D eigenvalue weighted by molar-refractivity contribution is -0.0486. The highest BCUT2D eigenvalue weighted by atomic mass is 16.4. The third-order valence-corrected chi connectivity index (χ3v) is 6.11. The molecule has 4 aliphatic carbocycles. The van der Waals surface area contributed by atoms with Crippen molar-refractivity contribution < 1.29 is 4.42 Å². The number of rotatable bonds is 4. The van der Waals surface area contributed by atoms with Crippen LogP contribution < -0.4 is 5.73 Å². The van der Waals surface area contributed by atoms with Crippen LogP contribution in [0.15, 0.2) is 4.42 Å². The van der Waals surface area contributed by atoms with Gasteiger partial charge in [0.05, 0.1) is 0 Å². The van der Waals surface area contributed by atoms with E-state index in [9.17, 15) is 0 Å². The molecule has 4 bridgehead atoms. The zero-order valence-electron chi connectivity index (χ0n) is 12.3. The lowest BCUT2D eigenvalue weighted by atomic mass is 9.50. The Labute approximate surface area is 120 Å². The van der Waals surface area contributed by atoms with Gasteiger partial charge in [-0.05, 0) is 61.7 Å². The quantitative estimate of drug-likeness (QED) is 0.917. The molecule has 0 aliphatic heterocycles. The Hall–Kier alpha value is -0.900. The molecule has 20 heavy (non-hydrogen) atoms. The van der Waals surface area contributed by atoms with Gasteiger partial charge < -0.3 is 10.2 Å². The van der Waals surface area contributed by atoms with Crippen molar-refractivity contribution in [2.75, 3.05) is 6.54 Å². The summed E-state index contributed by atoms with van der Waals surface area (Å²) in [4.78, 5) is 0. The molecule has 5 rings (SSSR count). The van der Waals surface area contributed by atoms with E-state index in [4.69, 9.17) is 10.2 Å². The summed E-state index contributed by atoms with van der Waals surface area (Å²) in [6, 6.07) is 0. The first-order chi connectivity index (χ1) is 9.74. The average Bonchev–Trinajstić information content (AvgIpc) is 2.86. The number of nitrogens with two attached hydrogens (primary N) is 1. The fourth-order valence-corrected chi connectivity index (χ4v) is 5.62. The standard InChI is InChI=1S/C16H25N3O/c1-9(16-19-18-14(20-16)2-3-17)15-12-5-10-4-11(7-12)8-13(15)6-10/h9-13,15H,2-8,17H2,1H3. The van der Waals surface area contributed by atoms with E-state index in [-0.39, 0.29) is 0 Å². The topological polar surface area (TPSA) is 64.9 Å². The largest absolute Gasteiger partial charge is 0.425 e. The maximum atomic E-state index is 5.84. The average molecular weight is 275 g/mol. The van der Waals surface area contributed by atoms with Crippen LogP contribution in [0.5, 0.6) is 0 Å². The van der Waals surface area contributed by atoms with Crippen LogP contribution in [0.4, 0.5) is 0 Å². The normalized spacial score (nSPS) is 40.2. The van der Waals surface area contributed by atoms with Crippen LogP contribution >= 0.6 is 0 Å². The monoisotopic (exact) mass is 275 g/mol. The highest BCUT2D eigenvalue weighted by Gasteiger charge is 2.50. The van der Waals surface area contributed by atoms with E-state index in [1.54, 1.807) is 0 Å². The van der Waals surface area contributed by atoms with Gasteiger partial charge in [0.1, 0.15) is 0 Å². The van der Waals surface area contributed by atoms with Crippen LogP contribution in [0.25, 0.3) is 0 Å². The predicted octanol–water partition coefficient (Wildman–Crippen LogP) is 2.75. The molecule has 1 atom stereocenters. The molecule has 4 nitrogen and oxygen atoms in total. The summed E-state index contributed by atoms with van der Waals surface area (Å²) in [5.41, 5.74) is 5.56. The minimum Gasteiger partial charge on any atom is -0.425 e. The summed E-state index contributed by atoms with van der Waals surface area (Å²) in [6.07, 6.45) is 8.01. The van der Waals surface area contributed by atoms with Crippen LogP contribution in [0.1, 0.15) is 56.7 Å². The lowest BCUT2D eigenvalue weighted by Crippen LogP contribution is -2.46. The van der Waals surface area contributed by atoms with E-state index in [1.807, 2.05) is 0 Å². The third-order valence-electron chi connectivity index (χ3n) is 6.11. The maximum absolute atomic E-state index is 5.84. The van der Waals surface area contributed by atoms with E-state index in [0.717, 1.165) is 35.5 Å². The molecule has 4 saturated carbocycles. The Morgan fingerprint density at radius 3 is 2.35 bits per heavy atom. The zero-order valence-corrected chi connectivity index (χ0v) is 12.3. The van der Waals surface area contributed by atoms with Crippen LogP contribution in [0.3, 0.4) is 0 Å². The molecule has 4 aliphatic rings. The van der Waals surface area contributed by atoms with E-state index in [1.165, 1.54) is 32.1 Å². The van der Waals surface area contributed by atoms with E-state index >= 15 is 0 Å². The van der Waals surface area contributed by atoms with Crippen molar-refractivity contribution in [3.05, 3.63) is 11.8 Å². The Bertz CT molecular complexity index is 456. The highest BCUT2D eigenvalue weighted by molar-refractivity contribution is 5.05. The highest BCUT2D eigenvalue weighted by Crippen LogP contribution is 2.59. The van der Waals surface area contributed by atoms with E-state index < -0.39 is 0 Å². The maximum Gasteiger partial charge on any atom is 0.219 e. The summed E-state index contributed by atoms with van der Waals surface area (Å²) < 4.78 is 5.84. The number of hydrogen-bond acceptors (Lipinski definition) is 4. The van der Waals surface area contributed by atoms with Crippen LogP contribution in [-0.4, -0.2) is 16.7 Å². The van der Waals surface area contributed by atoms with Crippen LogP contribution in [-0.2, 0) is 6.42 Å². The van der Waals surface area contributed by atoms with E-state index in [2.05, 4.69) is 17.1 Å². The van der Waals surface area contributed by atoms with Gasteiger partial charge in [-0.25, -0.2) is 0 Å². The first-order valence-corrected chi connectivity index (χ1v) is 8.27. The number of aromatic nitrogens is 2. The van der Waals surface area contributed by atoms with Gasteiger partial charge in [0.15, 0.2) is 0 Å². The smallest absolute Gasteiger partial charge is 0.219 e. The van der Waals surface area contributed by atoms with Gasteiger partial charge in [0, 0.05) is 18.9 Å². The van der Waals surface area contributed by atoms with Gasteiger partial charge in [0.2, 0.25) is 11.8 Å². The molecule has 0 aromatic carbocycles. The van der Waals surface area contributed by atoms with Gasteiger partial charge >= 0.3 is 0 Å². The van der Waals surface area contributed by atoms with Gasteiger partial charge in [-0.1, -0.05) is 6.92 Å². The second kappa shape index (κ2) is 4.83. The van der Waals surface area contributed by atoms with Crippen molar-refractivity contribution in [3.63, 3.8) is 0 Å². The molecule has 1 aromatic rings. The lowest BCUT2D eigenvalue weighted by Gasteiger charge is -2.55. The molecule has 1 aromatic heterocycles. The fraction of sp³-hybridized carbons (Fsp3) is 0.875. The first-order valence-electron chi connectivity index (χ1n) is 8.27. The molecule has 0 saturated heterocycles. The molecule has 1 unspecified atom stereocenters. The van der Waals surface area contributed by atoms with Gasteiger partial charge in [-0.2, -0.15) is 0 Å². The molecular formula is C16H25N3O. The molecule has 4 fully saturated rings. The molecule has 0 amide bonds. The summed E-state index contributed by atoms with van der Waals surface area (Å²) in [6.45, 7) is 2.88. The van der Waals surface area contributed by atoms with Crippen molar-refractivity contribution in [1.29, 1.82) is 0 Å². The second-order valence-corrected chi connectivity index (χ2v) is 7.37. The SMILES string of the molecule is CC(c1nnc(CCN)o1)C1C2CC3CC(C2)CC1C3. The Morgan fingerprint density at radius 2 is 1.75 bits per heavy atom. The fourth-order valence-electron chi connectivity index (χ4n) is 5.62. The summed E-state index contributed by atoms with van der Waals surface area (Å²) >= 11 is 0. The summed E-state index contributed by atoms with van der Waals surface area (Å²) in [7, 11) is 0. The molecule has 0 radical (unpaired) electrons. The molecule has 2 N–H and O–H groups in total. The third kappa shape index (κ3) is 2.00. The second-order valence-electron chi connectivity index (χ2n) is 7.37. The number of hydrogen-bond donors (Lipinski definition) is 1. The van der Waals surface area contributed by atoms with Gasteiger partial charge in [-0.15, -0.1) is 10.2 Å². The molecule has 4 heteroatoms. The molecular weight excluding hydrogens is 250 g/mol.